The van der Waals surface area contributed by atoms with Gasteiger partial charge in [-0.2, -0.15) is 0 Å². The van der Waals surface area contributed by atoms with Gasteiger partial charge in [0.25, 0.3) is 0 Å². The van der Waals surface area contributed by atoms with Crippen LogP contribution in [0.1, 0.15) is 60.8 Å². The van der Waals surface area contributed by atoms with E-state index in [2.05, 4.69) is 31.4 Å². The van der Waals surface area contributed by atoms with Gasteiger partial charge in [0.05, 0.1) is 0 Å². The standard InChI is InChI=1S/C15H30N2O/c1-14(2,3)13(18)17-12-8-7-11(9-12)10-16-15(4,5)6/h11-12,16H,7-10H2,1-6H3,(H,17,18)/t11-,12-/m0/s1. The van der Waals surface area contributed by atoms with Crippen LogP contribution in [0, 0.1) is 11.3 Å². The summed E-state index contributed by atoms with van der Waals surface area (Å²) in [5.41, 5.74) is -0.0888. The van der Waals surface area contributed by atoms with Crippen molar-refractivity contribution < 1.29 is 4.79 Å². The molecule has 0 saturated heterocycles. The zero-order valence-corrected chi connectivity index (χ0v) is 12.9. The largest absolute Gasteiger partial charge is 0.353 e. The number of hydrogen-bond acceptors (Lipinski definition) is 2. The monoisotopic (exact) mass is 254 g/mol. The van der Waals surface area contributed by atoms with Gasteiger partial charge in [-0.1, -0.05) is 20.8 Å². The van der Waals surface area contributed by atoms with Crippen LogP contribution in [-0.2, 0) is 4.79 Å². The van der Waals surface area contributed by atoms with Crippen molar-refractivity contribution in [2.45, 2.75) is 72.4 Å². The van der Waals surface area contributed by atoms with E-state index in [1.165, 1.54) is 6.42 Å². The molecule has 3 nitrogen and oxygen atoms in total. The van der Waals surface area contributed by atoms with E-state index >= 15 is 0 Å². The number of carbonyl (C=O) groups is 1. The number of carbonyl (C=O) groups excluding carboxylic acids is 1. The van der Waals surface area contributed by atoms with Crippen LogP contribution in [0.5, 0.6) is 0 Å². The summed E-state index contributed by atoms with van der Waals surface area (Å²) < 4.78 is 0. The Hall–Kier alpha value is -0.570. The lowest BCUT2D eigenvalue weighted by atomic mass is 9.95. The highest BCUT2D eigenvalue weighted by atomic mass is 16.2. The third kappa shape index (κ3) is 5.38. The highest BCUT2D eigenvalue weighted by Gasteiger charge is 2.29. The van der Waals surface area contributed by atoms with Crippen LogP contribution in [0.15, 0.2) is 0 Å². The third-order valence-corrected chi connectivity index (χ3v) is 3.48. The van der Waals surface area contributed by atoms with Gasteiger partial charge in [0.1, 0.15) is 0 Å². The van der Waals surface area contributed by atoms with Gasteiger partial charge in [-0.3, -0.25) is 4.79 Å². The van der Waals surface area contributed by atoms with Crippen molar-refractivity contribution in [1.82, 2.24) is 10.6 Å². The quantitative estimate of drug-likeness (QED) is 0.813. The van der Waals surface area contributed by atoms with Crippen LogP contribution in [0.3, 0.4) is 0 Å². The van der Waals surface area contributed by atoms with Gasteiger partial charge in [0.2, 0.25) is 5.91 Å². The Morgan fingerprint density at radius 2 is 1.72 bits per heavy atom. The fourth-order valence-electron chi connectivity index (χ4n) is 2.24. The Labute approximate surface area is 112 Å². The first-order valence-corrected chi connectivity index (χ1v) is 7.14. The second-order valence-corrected chi connectivity index (χ2v) is 7.73. The zero-order chi connectivity index (χ0) is 14.0. The molecule has 0 spiro atoms. The van der Waals surface area contributed by atoms with Crippen LogP contribution >= 0.6 is 0 Å². The Morgan fingerprint density at radius 3 is 2.22 bits per heavy atom. The van der Waals surface area contributed by atoms with E-state index in [9.17, 15) is 4.79 Å². The van der Waals surface area contributed by atoms with Gasteiger partial charge in [-0.15, -0.1) is 0 Å². The smallest absolute Gasteiger partial charge is 0.225 e. The lowest BCUT2D eigenvalue weighted by molar-refractivity contribution is -0.129. The second kappa shape index (κ2) is 5.60. The first kappa shape index (κ1) is 15.5. The summed E-state index contributed by atoms with van der Waals surface area (Å²) in [4.78, 5) is 11.9. The van der Waals surface area contributed by atoms with Gasteiger partial charge in [0, 0.05) is 17.0 Å². The maximum atomic E-state index is 11.9. The summed E-state index contributed by atoms with van der Waals surface area (Å²) in [7, 11) is 0. The molecule has 0 radical (unpaired) electrons. The molecule has 0 aromatic carbocycles. The van der Waals surface area contributed by atoms with E-state index in [0.717, 1.165) is 19.4 Å². The average molecular weight is 254 g/mol. The molecular weight excluding hydrogens is 224 g/mol. The highest BCUT2D eigenvalue weighted by Crippen LogP contribution is 2.26. The molecule has 2 N–H and O–H groups in total. The Bertz CT molecular complexity index is 286. The molecule has 0 bridgehead atoms. The molecule has 0 aliphatic heterocycles. The minimum absolute atomic E-state index is 0.178. The molecule has 3 heteroatoms. The maximum Gasteiger partial charge on any atom is 0.225 e. The molecular formula is C15H30N2O. The molecule has 106 valence electrons. The topological polar surface area (TPSA) is 41.1 Å². The highest BCUT2D eigenvalue weighted by molar-refractivity contribution is 5.81. The van der Waals surface area contributed by atoms with Crippen molar-refractivity contribution >= 4 is 5.91 Å². The van der Waals surface area contributed by atoms with Crippen LogP contribution in [0.4, 0.5) is 0 Å². The molecule has 18 heavy (non-hydrogen) atoms. The first-order valence-electron chi connectivity index (χ1n) is 7.14. The molecule has 0 heterocycles. The van der Waals surface area contributed by atoms with Gasteiger partial charge in [0.15, 0.2) is 0 Å². The molecule has 1 aliphatic rings. The van der Waals surface area contributed by atoms with E-state index in [0.29, 0.717) is 12.0 Å². The predicted molar refractivity (Wildman–Crippen MR) is 76.5 cm³/mol. The van der Waals surface area contributed by atoms with Gasteiger partial charge >= 0.3 is 0 Å². The first-order chi connectivity index (χ1) is 8.08. The van der Waals surface area contributed by atoms with Crippen molar-refractivity contribution in [3.8, 4) is 0 Å². The number of amides is 1. The molecule has 1 fully saturated rings. The number of hydrogen-bond donors (Lipinski definition) is 2. The summed E-state index contributed by atoms with van der Waals surface area (Å²) in [5, 5.41) is 6.73. The lowest BCUT2D eigenvalue weighted by Crippen LogP contribution is -2.41. The predicted octanol–water partition coefficient (Wildman–Crippen LogP) is 2.71. The molecule has 1 amide bonds. The molecule has 0 aromatic heterocycles. The lowest BCUT2D eigenvalue weighted by Gasteiger charge is -2.24. The molecule has 0 unspecified atom stereocenters. The zero-order valence-electron chi connectivity index (χ0n) is 12.9. The Balaban J connectivity index is 2.32. The normalized spacial score (nSPS) is 25.2. The summed E-state index contributed by atoms with van der Waals surface area (Å²) in [6.45, 7) is 13.6. The molecule has 1 aliphatic carbocycles. The maximum absolute atomic E-state index is 11.9. The van der Waals surface area contributed by atoms with Crippen molar-refractivity contribution in [2.24, 2.45) is 11.3 Å². The number of nitrogens with one attached hydrogen (secondary N) is 2. The van der Waals surface area contributed by atoms with Crippen LogP contribution in [0.25, 0.3) is 0 Å². The van der Waals surface area contributed by atoms with E-state index in [1.54, 1.807) is 0 Å². The van der Waals surface area contributed by atoms with E-state index in [-0.39, 0.29) is 16.9 Å². The number of rotatable bonds is 3. The van der Waals surface area contributed by atoms with E-state index < -0.39 is 0 Å². The van der Waals surface area contributed by atoms with E-state index in [1.807, 2.05) is 20.8 Å². The van der Waals surface area contributed by atoms with Gasteiger partial charge in [-0.05, 0) is 52.5 Å². The molecule has 1 rings (SSSR count). The fraction of sp³-hybridized carbons (Fsp3) is 0.933. The fourth-order valence-corrected chi connectivity index (χ4v) is 2.24. The Kier molecular flexibility index (Phi) is 4.82. The molecule has 0 aromatic rings. The summed E-state index contributed by atoms with van der Waals surface area (Å²) in [6, 6.07) is 0.378. The second-order valence-electron chi connectivity index (χ2n) is 7.73. The van der Waals surface area contributed by atoms with Crippen LogP contribution < -0.4 is 10.6 Å². The molecule has 1 saturated carbocycles. The average Bonchev–Trinajstić information content (AvgIpc) is 2.60. The Morgan fingerprint density at radius 1 is 1.11 bits per heavy atom. The van der Waals surface area contributed by atoms with Crippen molar-refractivity contribution in [3.63, 3.8) is 0 Å². The van der Waals surface area contributed by atoms with Crippen LogP contribution in [-0.4, -0.2) is 24.0 Å². The summed E-state index contributed by atoms with van der Waals surface area (Å²) in [6.07, 6.45) is 3.46. The minimum Gasteiger partial charge on any atom is -0.353 e. The molecule has 2 atom stereocenters. The van der Waals surface area contributed by atoms with Crippen LogP contribution in [0.2, 0.25) is 0 Å². The van der Waals surface area contributed by atoms with Crippen molar-refractivity contribution in [2.75, 3.05) is 6.54 Å². The third-order valence-electron chi connectivity index (χ3n) is 3.48. The summed E-state index contributed by atoms with van der Waals surface area (Å²) in [5.74, 6) is 0.881. The SMILES string of the molecule is CC(C)(C)NC[C@H]1CC[C@H](NC(=O)C(C)(C)C)C1. The van der Waals surface area contributed by atoms with Crippen molar-refractivity contribution in [3.05, 3.63) is 0 Å². The van der Waals surface area contributed by atoms with Gasteiger partial charge in [-0.25, -0.2) is 0 Å². The minimum atomic E-state index is -0.276. The van der Waals surface area contributed by atoms with Crippen molar-refractivity contribution in [1.29, 1.82) is 0 Å². The van der Waals surface area contributed by atoms with E-state index in [4.69, 9.17) is 0 Å². The van der Waals surface area contributed by atoms with Gasteiger partial charge < -0.3 is 10.6 Å². The summed E-state index contributed by atoms with van der Waals surface area (Å²) >= 11 is 0.